The zero-order valence-corrected chi connectivity index (χ0v) is 6.13. The third-order valence-electron chi connectivity index (χ3n) is 1.65. The largest absolute Gasteiger partial charge is 0.429 e. The standard InChI is InChI=1S/C7H4F6/c8-4-1-2-5(9)6(10,3-4)7(11,12)13/h1-2H,3H2. The number of hydrogen-bond acceptors (Lipinski definition) is 0. The van der Waals surface area contributed by atoms with Crippen LogP contribution in [0.25, 0.3) is 0 Å². The predicted molar refractivity (Wildman–Crippen MR) is 32.9 cm³/mol. The Labute approximate surface area is 69.5 Å². The summed E-state index contributed by atoms with van der Waals surface area (Å²) in [5.41, 5.74) is -4.20. The Hall–Kier alpha value is -0.940. The van der Waals surface area contributed by atoms with E-state index in [1.165, 1.54) is 0 Å². The van der Waals surface area contributed by atoms with Gasteiger partial charge in [-0.3, -0.25) is 0 Å². The SMILES string of the molecule is FC1=CC=C(F)C(F)(C(F)(F)F)C1. The van der Waals surface area contributed by atoms with Gasteiger partial charge in [-0.05, 0) is 12.2 Å². The van der Waals surface area contributed by atoms with Gasteiger partial charge in [0.05, 0.1) is 0 Å². The van der Waals surface area contributed by atoms with Crippen LogP contribution >= 0.6 is 0 Å². The van der Waals surface area contributed by atoms with Crippen molar-refractivity contribution >= 4 is 0 Å². The number of hydrogen-bond donors (Lipinski definition) is 0. The number of halogens is 6. The van der Waals surface area contributed by atoms with Gasteiger partial charge in [0.25, 0.3) is 5.67 Å². The Morgan fingerprint density at radius 1 is 1.15 bits per heavy atom. The highest BCUT2D eigenvalue weighted by atomic mass is 19.4. The molecule has 0 aromatic heterocycles. The molecular weight excluding hydrogens is 198 g/mol. The first-order chi connectivity index (χ1) is 5.77. The van der Waals surface area contributed by atoms with Gasteiger partial charge in [-0.2, -0.15) is 13.2 Å². The second kappa shape index (κ2) is 2.78. The first-order valence-corrected chi connectivity index (χ1v) is 3.25. The van der Waals surface area contributed by atoms with Gasteiger partial charge < -0.3 is 0 Å². The van der Waals surface area contributed by atoms with Gasteiger partial charge in [0.2, 0.25) is 0 Å². The Kier molecular flexibility index (Phi) is 2.17. The lowest BCUT2D eigenvalue weighted by atomic mass is 9.94. The van der Waals surface area contributed by atoms with Crippen LogP contribution in [0.15, 0.2) is 23.8 Å². The lowest BCUT2D eigenvalue weighted by Crippen LogP contribution is -2.42. The molecule has 1 atom stereocenters. The molecule has 1 aliphatic rings. The minimum Gasteiger partial charge on any atom is -0.225 e. The minimum atomic E-state index is -5.43. The number of allylic oxidation sites excluding steroid dienone is 4. The molecule has 0 saturated heterocycles. The number of rotatable bonds is 0. The van der Waals surface area contributed by atoms with E-state index in [9.17, 15) is 26.3 Å². The third-order valence-corrected chi connectivity index (χ3v) is 1.65. The molecule has 0 saturated carbocycles. The lowest BCUT2D eigenvalue weighted by molar-refractivity contribution is -0.222. The number of alkyl halides is 4. The second-order valence-corrected chi connectivity index (χ2v) is 2.60. The van der Waals surface area contributed by atoms with Crippen molar-refractivity contribution in [3.8, 4) is 0 Å². The normalized spacial score (nSPS) is 29.7. The van der Waals surface area contributed by atoms with Crippen LogP contribution in [0.1, 0.15) is 6.42 Å². The van der Waals surface area contributed by atoms with Crippen molar-refractivity contribution in [2.24, 2.45) is 0 Å². The molecule has 1 unspecified atom stereocenters. The van der Waals surface area contributed by atoms with E-state index in [0.717, 1.165) is 0 Å². The van der Waals surface area contributed by atoms with Crippen molar-refractivity contribution in [3.05, 3.63) is 23.8 Å². The topological polar surface area (TPSA) is 0 Å². The summed E-state index contributed by atoms with van der Waals surface area (Å²) in [7, 11) is 0. The van der Waals surface area contributed by atoms with Crippen molar-refractivity contribution in [1.29, 1.82) is 0 Å². The van der Waals surface area contributed by atoms with Crippen molar-refractivity contribution in [2.75, 3.05) is 0 Å². The molecule has 0 radical (unpaired) electrons. The highest BCUT2D eigenvalue weighted by Gasteiger charge is 2.60. The van der Waals surface area contributed by atoms with Crippen LogP contribution < -0.4 is 0 Å². The highest BCUT2D eigenvalue weighted by molar-refractivity contribution is 5.28. The van der Waals surface area contributed by atoms with E-state index in [1.54, 1.807) is 0 Å². The molecule has 6 heteroatoms. The average molecular weight is 202 g/mol. The van der Waals surface area contributed by atoms with Crippen molar-refractivity contribution in [1.82, 2.24) is 0 Å². The first kappa shape index (κ1) is 10.1. The Balaban J connectivity index is 3.07. The molecule has 0 N–H and O–H groups in total. The van der Waals surface area contributed by atoms with Crippen molar-refractivity contribution < 1.29 is 26.3 Å². The van der Waals surface area contributed by atoms with Crippen LogP contribution in [0, 0.1) is 0 Å². The van der Waals surface area contributed by atoms with Crippen molar-refractivity contribution in [3.63, 3.8) is 0 Å². The van der Waals surface area contributed by atoms with Gasteiger partial charge in [0.1, 0.15) is 11.7 Å². The van der Waals surface area contributed by atoms with Gasteiger partial charge in [-0.1, -0.05) is 0 Å². The van der Waals surface area contributed by atoms with Crippen LogP contribution in [0.4, 0.5) is 26.3 Å². The molecule has 1 aliphatic carbocycles. The van der Waals surface area contributed by atoms with E-state index in [2.05, 4.69) is 0 Å². The van der Waals surface area contributed by atoms with E-state index in [0.29, 0.717) is 6.08 Å². The summed E-state index contributed by atoms with van der Waals surface area (Å²) in [6.07, 6.45) is -6.44. The predicted octanol–water partition coefficient (Wildman–Crippen LogP) is 3.37. The molecule has 0 amide bonds. The van der Waals surface area contributed by atoms with Crippen LogP contribution in [-0.2, 0) is 0 Å². The van der Waals surface area contributed by atoms with Gasteiger partial charge in [0, 0.05) is 6.42 Å². The summed E-state index contributed by atoms with van der Waals surface area (Å²) in [4.78, 5) is 0. The maximum atomic E-state index is 12.9. The fourth-order valence-electron chi connectivity index (χ4n) is 0.907. The van der Waals surface area contributed by atoms with E-state index in [1.807, 2.05) is 0 Å². The van der Waals surface area contributed by atoms with Crippen molar-refractivity contribution in [2.45, 2.75) is 18.3 Å². The van der Waals surface area contributed by atoms with Gasteiger partial charge >= 0.3 is 6.18 Å². The molecule has 0 spiro atoms. The fraction of sp³-hybridized carbons (Fsp3) is 0.429. The average Bonchev–Trinajstić information content (AvgIpc) is 1.95. The van der Waals surface area contributed by atoms with Crippen LogP contribution in [0.5, 0.6) is 0 Å². The van der Waals surface area contributed by atoms with Crippen LogP contribution in [0.2, 0.25) is 0 Å². The summed E-state index contributed by atoms with van der Waals surface area (Å²) in [5.74, 6) is -3.34. The summed E-state index contributed by atoms with van der Waals surface area (Å²) in [6, 6.07) is 0. The quantitative estimate of drug-likeness (QED) is 0.528. The molecule has 0 aromatic carbocycles. The molecule has 1 rings (SSSR count). The van der Waals surface area contributed by atoms with E-state index >= 15 is 0 Å². The van der Waals surface area contributed by atoms with Crippen LogP contribution in [0.3, 0.4) is 0 Å². The zero-order valence-electron chi connectivity index (χ0n) is 6.13. The monoisotopic (exact) mass is 202 g/mol. The highest BCUT2D eigenvalue weighted by Crippen LogP contribution is 2.46. The van der Waals surface area contributed by atoms with E-state index < -0.39 is 29.9 Å². The molecule has 0 aliphatic heterocycles. The summed E-state index contributed by atoms with van der Waals surface area (Å²) in [6.45, 7) is 0. The molecule has 0 aromatic rings. The first-order valence-electron chi connectivity index (χ1n) is 3.25. The molecule has 0 heterocycles. The maximum absolute atomic E-state index is 12.9. The lowest BCUT2D eigenvalue weighted by Gasteiger charge is -2.27. The molecule has 13 heavy (non-hydrogen) atoms. The molecule has 0 nitrogen and oxygen atoms in total. The second-order valence-electron chi connectivity index (χ2n) is 2.60. The third kappa shape index (κ3) is 1.57. The van der Waals surface area contributed by atoms with E-state index in [-0.39, 0.29) is 6.08 Å². The van der Waals surface area contributed by atoms with Gasteiger partial charge in [0.15, 0.2) is 0 Å². The summed E-state index contributed by atoms with van der Waals surface area (Å²) in [5, 5.41) is 0. The smallest absolute Gasteiger partial charge is 0.225 e. The molecular formula is C7H4F6. The Morgan fingerprint density at radius 3 is 2.08 bits per heavy atom. The van der Waals surface area contributed by atoms with Gasteiger partial charge in [-0.25, -0.2) is 13.2 Å². The zero-order chi connectivity index (χ0) is 10.3. The van der Waals surface area contributed by atoms with Gasteiger partial charge in [-0.15, -0.1) is 0 Å². The molecule has 0 fully saturated rings. The maximum Gasteiger partial charge on any atom is 0.429 e. The summed E-state index contributed by atoms with van der Waals surface area (Å²) < 4.78 is 73.3. The minimum absolute atomic E-state index is 0.145. The molecule has 0 bridgehead atoms. The van der Waals surface area contributed by atoms with E-state index in [4.69, 9.17) is 0 Å². The summed E-state index contributed by atoms with van der Waals surface area (Å²) >= 11 is 0. The Morgan fingerprint density at radius 2 is 1.69 bits per heavy atom. The Bertz CT molecular complexity index is 273. The fourth-order valence-corrected chi connectivity index (χ4v) is 0.907. The molecule has 74 valence electrons. The van der Waals surface area contributed by atoms with Crippen LogP contribution in [-0.4, -0.2) is 11.8 Å².